The predicted octanol–water partition coefficient (Wildman–Crippen LogP) is -6.32. The monoisotopic (exact) mass is 568 g/mol. The van der Waals surface area contributed by atoms with Crippen molar-refractivity contribution in [3.05, 3.63) is 0 Å². The van der Waals surface area contributed by atoms with Gasteiger partial charge in [-0.15, -0.1) is 0 Å². The summed E-state index contributed by atoms with van der Waals surface area (Å²) in [5.41, 5.74) is 0. The van der Waals surface area contributed by atoms with Gasteiger partial charge in [-0.25, -0.2) is 4.57 Å². The molecule has 0 aliphatic carbocycles. The van der Waals surface area contributed by atoms with Gasteiger partial charge in [0.1, 0.15) is 61.0 Å². The van der Waals surface area contributed by atoms with E-state index in [0.29, 0.717) is 0 Å². The summed E-state index contributed by atoms with van der Waals surface area (Å²) in [5.74, 6) is 0. The summed E-state index contributed by atoms with van der Waals surface area (Å²) in [5, 5.41) is 88.4. The maximum atomic E-state index is 11.9. The average Bonchev–Trinajstić information content (AvgIpc) is 2.88. The minimum absolute atomic E-state index is 0.147. The third-order valence-corrected chi connectivity index (χ3v) is 6.36. The lowest BCUT2D eigenvalue weighted by Gasteiger charge is -2.46. The van der Waals surface area contributed by atoms with Crippen LogP contribution in [0.2, 0.25) is 0 Å². The van der Waals surface area contributed by atoms with Gasteiger partial charge in [-0.3, -0.25) is 9.05 Å². The smallest absolute Gasteiger partial charge is 0.394 e. The first-order chi connectivity index (χ1) is 17.3. The number of ether oxygens (including phenoxy) is 4. The van der Waals surface area contributed by atoms with Crippen molar-refractivity contribution >= 4 is 14.1 Å². The fourth-order valence-corrected chi connectivity index (χ4v) is 4.11. The Kier molecular flexibility index (Phi) is 12.8. The number of hydrogen-bond donors (Lipinski definition) is 10. The highest BCUT2D eigenvalue weighted by molar-refractivity contribution is 7.47. The highest BCUT2D eigenvalue weighted by Gasteiger charge is 2.51. The van der Waals surface area contributed by atoms with Crippen LogP contribution in [0, 0.1) is 0 Å². The SMILES string of the molecule is O=C[C@@H](O)CO[C@H]1O[C@H](CO)[C@@H](O)[C@H](O[C@H]2O[C@H](COP(=O)(O)OCC(O)CO)[C@H](O)[C@H](O)[C@H]2O)[C@H]1O. The first kappa shape index (κ1) is 32.5. The van der Waals surface area contributed by atoms with E-state index >= 15 is 0 Å². The van der Waals surface area contributed by atoms with Crippen LogP contribution in [-0.4, -0.2) is 164 Å². The molecule has 37 heavy (non-hydrogen) atoms. The van der Waals surface area contributed by atoms with Crippen LogP contribution in [0.1, 0.15) is 0 Å². The molecule has 0 radical (unpaired) electrons. The second-order valence-corrected chi connectivity index (χ2v) is 9.71. The van der Waals surface area contributed by atoms with Crippen LogP contribution < -0.4 is 0 Å². The molecule has 0 amide bonds. The minimum Gasteiger partial charge on any atom is -0.394 e. The minimum atomic E-state index is -4.83. The van der Waals surface area contributed by atoms with Gasteiger partial charge in [-0.1, -0.05) is 0 Å². The van der Waals surface area contributed by atoms with Crippen molar-refractivity contribution in [2.24, 2.45) is 0 Å². The number of rotatable bonds is 14. The molecule has 0 saturated carbocycles. The summed E-state index contributed by atoms with van der Waals surface area (Å²) in [6.45, 7) is -3.88. The molecule has 2 aliphatic rings. The van der Waals surface area contributed by atoms with Gasteiger partial charge in [0.25, 0.3) is 0 Å². The first-order valence-corrected chi connectivity index (χ1v) is 12.5. The Hall–Kier alpha value is -0.740. The predicted molar refractivity (Wildman–Crippen MR) is 112 cm³/mol. The maximum absolute atomic E-state index is 11.9. The van der Waals surface area contributed by atoms with Crippen LogP contribution in [0.5, 0.6) is 0 Å². The van der Waals surface area contributed by atoms with Crippen molar-refractivity contribution in [1.29, 1.82) is 0 Å². The normalized spacial score (nSPS) is 40.1. The lowest BCUT2D eigenvalue weighted by atomic mass is 9.97. The van der Waals surface area contributed by atoms with Gasteiger partial charge in [0.15, 0.2) is 18.9 Å². The van der Waals surface area contributed by atoms with Crippen LogP contribution in [-0.2, 0) is 37.4 Å². The Bertz CT molecular complexity index is 743. The summed E-state index contributed by atoms with van der Waals surface area (Å²) < 4.78 is 42.0. The summed E-state index contributed by atoms with van der Waals surface area (Å²) in [6, 6.07) is 0. The van der Waals surface area contributed by atoms with Crippen molar-refractivity contribution in [3.8, 4) is 0 Å². The topological polar surface area (TPSA) is 292 Å². The van der Waals surface area contributed by atoms with Crippen LogP contribution >= 0.6 is 7.82 Å². The molecule has 19 heteroatoms. The Balaban J connectivity index is 2.09. The van der Waals surface area contributed by atoms with Crippen molar-refractivity contribution < 1.29 is 88.2 Å². The van der Waals surface area contributed by atoms with E-state index in [-0.39, 0.29) is 6.29 Å². The van der Waals surface area contributed by atoms with Gasteiger partial charge in [0.05, 0.1) is 33.0 Å². The third kappa shape index (κ3) is 8.88. The molecule has 0 aromatic heterocycles. The van der Waals surface area contributed by atoms with Gasteiger partial charge in [0.2, 0.25) is 0 Å². The Morgan fingerprint density at radius 1 is 0.838 bits per heavy atom. The van der Waals surface area contributed by atoms with Crippen molar-refractivity contribution in [1.82, 2.24) is 0 Å². The number of aliphatic hydroxyl groups is 9. The van der Waals surface area contributed by atoms with Crippen molar-refractivity contribution in [2.75, 3.05) is 33.0 Å². The molecule has 13 atom stereocenters. The molecule has 2 fully saturated rings. The fraction of sp³-hybridized carbons (Fsp3) is 0.944. The zero-order chi connectivity index (χ0) is 27.9. The standard InChI is InChI=1S/C18H33O18P/c19-1-7(22)4-31-17-15(28)16(12(25)9(3-21)34-17)36-18-14(27)13(26)11(24)10(35-18)6-33-37(29,30)32-5-8(23)2-20/h1,7-18,20-28H,2-6H2,(H,29,30)/t7-,8?,9-,10-,11+,12-,13+,14-,15-,16+,17+,18-/m1/s1. The lowest BCUT2D eigenvalue weighted by Crippen LogP contribution is -2.65. The molecule has 2 aliphatic heterocycles. The fourth-order valence-electron chi connectivity index (χ4n) is 3.34. The van der Waals surface area contributed by atoms with Crippen LogP contribution in [0.25, 0.3) is 0 Å². The highest BCUT2D eigenvalue weighted by atomic mass is 31.2. The summed E-state index contributed by atoms with van der Waals surface area (Å²) in [7, 11) is -4.83. The van der Waals surface area contributed by atoms with Gasteiger partial charge >= 0.3 is 7.82 Å². The molecule has 2 rings (SSSR count). The number of aldehydes is 1. The van der Waals surface area contributed by atoms with E-state index in [1.165, 1.54) is 0 Å². The Morgan fingerprint density at radius 3 is 2.08 bits per heavy atom. The van der Waals surface area contributed by atoms with Crippen LogP contribution in [0.4, 0.5) is 0 Å². The molecular formula is C18H33O18P. The zero-order valence-corrected chi connectivity index (χ0v) is 20.1. The number of carbonyl (C=O) groups is 1. The second-order valence-electron chi connectivity index (χ2n) is 8.26. The summed E-state index contributed by atoms with van der Waals surface area (Å²) in [6.07, 6.45) is -20.6. The molecule has 0 aromatic carbocycles. The van der Waals surface area contributed by atoms with Crippen molar-refractivity contribution in [2.45, 2.75) is 73.6 Å². The first-order valence-electron chi connectivity index (χ1n) is 11.0. The summed E-state index contributed by atoms with van der Waals surface area (Å²) >= 11 is 0. The number of hydrogen-bond acceptors (Lipinski definition) is 17. The number of phosphoric acid groups is 1. The Morgan fingerprint density at radius 2 is 1.49 bits per heavy atom. The molecule has 0 bridgehead atoms. The number of aliphatic hydroxyl groups excluding tert-OH is 9. The van der Waals surface area contributed by atoms with Gasteiger partial charge in [-0.2, -0.15) is 0 Å². The van der Waals surface area contributed by atoms with E-state index in [1.54, 1.807) is 0 Å². The molecule has 18 nitrogen and oxygen atoms in total. The van der Waals surface area contributed by atoms with Crippen LogP contribution in [0.15, 0.2) is 0 Å². The van der Waals surface area contributed by atoms with E-state index in [1.807, 2.05) is 0 Å². The second kappa shape index (κ2) is 14.6. The molecular weight excluding hydrogens is 535 g/mol. The molecule has 218 valence electrons. The molecule has 2 saturated heterocycles. The van der Waals surface area contributed by atoms with Crippen LogP contribution in [0.3, 0.4) is 0 Å². The third-order valence-electron chi connectivity index (χ3n) is 5.41. The quantitative estimate of drug-likeness (QED) is 0.0688. The average molecular weight is 568 g/mol. The maximum Gasteiger partial charge on any atom is 0.472 e. The summed E-state index contributed by atoms with van der Waals surface area (Å²) in [4.78, 5) is 20.2. The van der Waals surface area contributed by atoms with Gasteiger partial charge < -0.3 is 74.6 Å². The Labute approximate surface area is 209 Å². The van der Waals surface area contributed by atoms with E-state index in [0.717, 1.165) is 0 Å². The number of phosphoric ester groups is 1. The molecule has 2 unspecified atom stereocenters. The number of carbonyl (C=O) groups excluding carboxylic acids is 1. The van der Waals surface area contributed by atoms with E-state index < -0.39 is 114 Å². The largest absolute Gasteiger partial charge is 0.472 e. The van der Waals surface area contributed by atoms with Gasteiger partial charge in [0, 0.05) is 0 Å². The van der Waals surface area contributed by atoms with E-state index in [2.05, 4.69) is 9.05 Å². The molecule has 10 N–H and O–H groups in total. The van der Waals surface area contributed by atoms with E-state index in [4.69, 9.17) is 24.1 Å². The molecule has 0 spiro atoms. The molecule has 0 aromatic rings. The van der Waals surface area contributed by atoms with Gasteiger partial charge in [-0.05, 0) is 0 Å². The van der Waals surface area contributed by atoms with E-state index in [9.17, 15) is 55.1 Å². The zero-order valence-electron chi connectivity index (χ0n) is 19.2. The molecule has 2 heterocycles. The highest BCUT2D eigenvalue weighted by Crippen LogP contribution is 2.44. The van der Waals surface area contributed by atoms with Crippen molar-refractivity contribution in [3.63, 3.8) is 0 Å². The lowest BCUT2D eigenvalue weighted by molar-refractivity contribution is -0.360.